The second-order valence-corrected chi connectivity index (χ2v) is 21.1. The number of esters is 1. The van der Waals surface area contributed by atoms with Gasteiger partial charge in [-0.15, -0.1) is 0 Å². The van der Waals surface area contributed by atoms with Crippen molar-refractivity contribution in [1.82, 2.24) is 5.32 Å². The number of ether oxygens (including phenoxy) is 3. The van der Waals surface area contributed by atoms with E-state index in [1.807, 2.05) is 18.2 Å². The summed E-state index contributed by atoms with van der Waals surface area (Å²) in [6, 6.07) is -1.07. The van der Waals surface area contributed by atoms with Gasteiger partial charge in [0.2, 0.25) is 5.91 Å². The van der Waals surface area contributed by atoms with Gasteiger partial charge in [0.15, 0.2) is 12.4 Å². The van der Waals surface area contributed by atoms with Gasteiger partial charge in [-0.1, -0.05) is 245 Å². The Bertz CT molecular complexity index is 1740. The molecule has 0 radical (unpaired) electrons. The fraction of sp³-hybridized carbons (Fsp3) is 0.676. The van der Waals surface area contributed by atoms with E-state index in [4.69, 9.17) is 14.2 Å². The molecular formula is C68H113NO10. The van der Waals surface area contributed by atoms with E-state index in [9.17, 15) is 35.1 Å². The summed E-state index contributed by atoms with van der Waals surface area (Å²) in [5.41, 5.74) is 0. The molecule has 8 atom stereocenters. The van der Waals surface area contributed by atoms with E-state index in [2.05, 4.69) is 117 Å². The number of allylic oxidation sites excluding steroid dienone is 18. The molecule has 0 aromatic heterocycles. The second-order valence-electron chi connectivity index (χ2n) is 21.1. The molecule has 0 bridgehead atoms. The molecule has 1 saturated heterocycles. The first-order chi connectivity index (χ1) is 38.7. The van der Waals surface area contributed by atoms with Crippen LogP contribution in [0.25, 0.3) is 0 Å². The number of amides is 1. The van der Waals surface area contributed by atoms with Crippen molar-refractivity contribution >= 4 is 11.9 Å². The van der Waals surface area contributed by atoms with Crippen molar-refractivity contribution in [3.05, 3.63) is 122 Å². The lowest BCUT2D eigenvalue weighted by molar-refractivity contribution is -0.305. The lowest BCUT2D eigenvalue weighted by Crippen LogP contribution is -2.61. The van der Waals surface area contributed by atoms with Crippen LogP contribution >= 0.6 is 0 Å². The zero-order chi connectivity index (χ0) is 57.5. The van der Waals surface area contributed by atoms with Gasteiger partial charge in [-0.3, -0.25) is 9.59 Å². The zero-order valence-electron chi connectivity index (χ0n) is 49.7. The quantitative estimate of drug-likeness (QED) is 0.0195. The van der Waals surface area contributed by atoms with E-state index >= 15 is 0 Å². The van der Waals surface area contributed by atoms with Crippen molar-refractivity contribution in [3.8, 4) is 0 Å². The molecule has 8 unspecified atom stereocenters. The number of hydrogen-bond acceptors (Lipinski definition) is 10. The predicted molar refractivity (Wildman–Crippen MR) is 328 cm³/mol. The summed E-state index contributed by atoms with van der Waals surface area (Å²) >= 11 is 0. The van der Waals surface area contributed by atoms with Gasteiger partial charge in [-0.05, 0) is 96.3 Å². The number of nitrogens with one attached hydrogen (secondary N) is 1. The van der Waals surface area contributed by atoms with Gasteiger partial charge in [-0.2, -0.15) is 0 Å². The van der Waals surface area contributed by atoms with Crippen molar-refractivity contribution < 1.29 is 49.3 Å². The van der Waals surface area contributed by atoms with Crippen LogP contribution in [0, 0.1) is 0 Å². The molecule has 1 rings (SSSR count). The van der Waals surface area contributed by atoms with E-state index in [0.29, 0.717) is 12.8 Å². The van der Waals surface area contributed by atoms with Crippen molar-refractivity contribution in [1.29, 1.82) is 0 Å². The molecule has 0 aromatic carbocycles. The van der Waals surface area contributed by atoms with Crippen LogP contribution in [0.15, 0.2) is 122 Å². The summed E-state index contributed by atoms with van der Waals surface area (Å²) in [5, 5.41) is 56.8. The van der Waals surface area contributed by atoms with Crippen LogP contribution in [-0.4, -0.2) is 99.6 Å². The number of carbonyl (C=O) groups excluding carboxylic acids is 2. The van der Waals surface area contributed by atoms with E-state index in [1.165, 1.54) is 83.5 Å². The number of hydrogen-bond donors (Lipinski definition) is 6. The highest BCUT2D eigenvalue weighted by Crippen LogP contribution is 2.26. The third kappa shape index (κ3) is 42.6. The Kier molecular flexibility index (Phi) is 50.5. The molecule has 1 aliphatic rings. The first-order valence-corrected chi connectivity index (χ1v) is 31.3. The number of unbranched alkanes of at least 4 members (excludes halogenated alkanes) is 20. The fourth-order valence-corrected chi connectivity index (χ4v) is 8.91. The number of aliphatic hydroxyl groups is 5. The molecule has 1 heterocycles. The second kappa shape index (κ2) is 54.6. The molecule has 0 saturated carbocycles. The Morgan fingerprint density at radius 3 is 1.39 bits per heavy atom. The van der Waals surface area contributed by atoms with Gasteiger partial charge in [-0.25, -0.2) is 0 Å². The summed E-state index contributed by atoms with van der Waals surface area (Å²) in [4.78, 5) is 26.5. The van der Waals surface area contributed by atoms with Crippen LogP contribution in [0.2, 0.25) is 0 Å². The molecule has 1 aliphatic heterocycles. The first kappa shape index (κ1) is 73.1. The highest BCUT2D eigenvalue weighted by atomic mass is 16.7. The minimum atomic E-state index is -1.64. The van der Waals surface area contributed by atoms with E-state index in [1.54, 1.807) is 12.2 Å². The summed E-state index contributed by atoms with van der Waals surface area (Å²) in [5.74, 6) is -1.30. The zero-order valence-corrected chi connectivity index (χ0v) is 49.7. The average Bonchev–Trinajstić information content (AvgIpc) is 3.45. The maximum absolute atomic E-state index is 13.4. The SMILES string of the molecule is CC/C=C\C/C=C\C/C=C\C/C=C\C/C=C\C/C=C\CC(O)C(=O)NC(COC1OC(CO)C(O)C(O)C1OC(=O)CCCCCCCCCC/C=C\C/C=C\C/C=C\CCCCC)C(O)/C=C/CCCCCCCCCCC. The molecule has 1 amide bonds. The van der Waals surface area contributed by atoms with Crippen molar-refractivity contribution in [3.63, 3.8) is 0 Å². The molecule has 11 heteroatoms. The molecular weight excluding hydrogens is 991 g/mol. The number of carbonyl (C=O) groups is 2. The summed E-state index contributed by atoms with van der Waals surface area (Å²) in [6.07, 6.45) is 65.4. The predicted octanol–water partition coefficient (Wildman–Crippen LogP) is 15.1. The Balaban J connectivity index is 2.71. The van der Waals surface area contributed by atoms with Gasteiger partial charge in [0.25, 0.3) is 0 Å². The smallest absolute Gasteiger partial charge is 0.306 e. The third-order valence-corrected chi connectivity index (χ3v) is 13.9. The lowest BCUT2D eigenvalue weighted by Gasteiger charge is -2.41. The van der Waals surface area contributed by atoms with E-state index < -0.39 is 67.4 Å². The fourth-order valence-electron chi connectivity index (χ4n) is 8.91. The maximum atomic E-state index is 13.4. The Labute approximate surface area is 480 Å². The maximum Gasteiger partial charge on any atom is 0.306 e. The van der Waals surface area contributed by atoms with E-state index in [-0.39, 0.29) is 19.4 Å². The Hall–Kier alpha value is -3.94. The van der Waals surface area contributed by atoms with Gasteiger partial charge in [0.1, 0.15) is 24.4 Å². The minimum absolute atomic E-state index is 0.0510. The molecule has 0 aliphatic carbocycles. The molecule has 6 N–H and O–H groups in total. The standard InChI is InChI=1S/C68H113NO10/c1-4-7-10-13-16-19-22-24-26-28-30-31-32-34-36-38-41-44-47-50-53-56-63(73)79-66-65(75)64(74)62(57-70)78-68(66)77-58-59(60(71)54-51-48-45-42-39-21-18-15-12-9-6-3)69-67(76)61(72)55-52-49-46-43-40-37-35-33-29-27-25-23-20-17-14-11-8-5-2/h8,11,16-17,19-20,24-27,30-31,33,35,40,43,49,51-52,54,59-62,64-66,68,70-72,74-75H,4-7,9-10,12-15,18,21-23,28-29,32,34,36-39,41-42,44-48,50,53,55-58H2,1-3H3,(H,69,76)/b11-8-,19-16-,20-17-,26-24-,27-25-,31-30-,35-33-,43-40-,52-49-,54-51+. The monoisotopic (exact) mass is 1100 g/mol. The van der Waals surface area contributed by atoms with Crippen LogP contribution in [0.1, 0.15) is 233 Å². The summed E-state index contributed by atoms with van der Waals surface area (Å²) in [7, 11) is 0. The Morgan fingerprint density at radius 2 is 0.911 bits per heavy atom. The first-order valence-electron chi connectivity index (χ1n) is 31.3. The van der Waals surface area contributed by atoms with Crippen molar-refractivity contribution in [2.75, 3.05) is 13.2 Å². The van der Waals surface area contributed by atoms with Crippen LogP contribution in [-0.2, 0) is 23.8 Å². The molecule has 79 heavy (non-hydrogen) atoms. The third-order valence-electron chi connectivity index (χ3n) is 13.9. The topological polar surface area (TPSA) is 175 Å². The normalized spacial score (nSPS) is 19.7. The van der Waals surface area contributed by atoms with Gasteiger partial charge >= 0.3 is 5.97 Å². The van der Waals surface area contributed by atoms with Crippen molar-refractivity contribution in [2.45, 2.75) is 282 Å². The number of aliphatic hydroxyl groups excluding tert-OH is 5. The van der Waals surface area contributed by atoms with Crippen LogP contribution in [0.3, 0.4) is 0 Å². The highest BCUT2D eigenvalue weighted by molar-refractivity contribution is 5.81. The van der Waals surface area contributed by atoms with Gasteiger partial charge in [0.05, 0.1) is 25.4 Å². The van der Waals surface area contributed by atoms with Crippen LogP contribution in [0.5, 0.6) is 0 Å². The number of rotatable bonds is 51. The van der Waals surface area contributed by atoms with Gasteiger partial charge < -0.3 is 45.1 Å². The molecule has 450 valence electrons. The van der Waals surface area contributed by atoms with Crippen LogP contribution in [0.4, 0.5) is 0 Å². The lowest BCUT2D eigenvalue weighted by atomic mass is 9.99. The van der Waals surface area contributed by atoms with Crippen LogP contribution < -0.4 is 5.32 Å². The highest BCUT2D eigenvalue weighted by Gasteiger charge is 2.47. The molecule has 0 spiro atoms. The van der Waals surface area contributed by atoms with Gasteiger partial charge in [0, 0.05) is 12.8 Å². The Morgan fingerprint density at radius 1 is 0.506 bits per heavy atom. The molecule has 11 nitrogen and oxygen atoms in total. The molecule has 0 aromatic rings. The van der Waals surface area contributed by atoms with Crippen molar-refractivity contribution in [2.24, 2.45) is 0 Å². The largest absolute Gasteiger partial charge is 0.454 e. The minimum Gasteiger partial charge on any atom is -0.454 e. The molecule has 1 fully saturated rings. The summed E-state index contributed by atoms with van der Waals surface area (Å²) < 4.78 is 17.6. The van der Waals surface area contributed by atoms with E-state index in [0.717, 1.165) is 103 Å². The summed E-state index contributed by atoms with van der Waals surface area (Å²) in [6.45, 7) is 5.58. The average molecular weight is 1100 g/mol.